The fourth-order valence-corrected chi connectivity index (χ4v) is 4.95. The van der Waals surface area contributed by atoms with Gasteiger partial charge in [0.1, 0.15) is 5.75 Å². The van der Waals surface area contributed by atoms with Crippen LogP contribution in [0.5, 0.6) is 5.75 Å². The summed E-state index contributed by atoms with van der Waals surface area (Å²) in [6.45, 7) is 5.67. The van der Waals surface area contributed by atoms with E-state index in [9.17, 15) is 5.11 Å². The summed E-state index contributed by atoms with van der Waals surface area (Å²) in [6, 6.07) is 6.12. The van der Waals surface area contributed by atoms with Crippen LogP contribution in [-0.2, 0) is 18.3 Å². The van der Waals surface area contributed by atoms with Gasteiger partial charge in [0.05, 0.1) is 25.5 Å². The van der Waals surface area contributed by atoms with Gasteiger partial charge in [-0.3, -0.25) is 9.88 Å². The number of anilines is 1. The topological polar surface area (TPSA) is 110 Å². The molecule has 4 aromatic rings. The summed E-state index contributed by atoms with van der Waals surface area (Å²) < 4.78 is 9.70. The zero-order chi connectivity index (χ0) is 23.8. The lowest BCUT2D eigenvalue weighted by molar-refractivity contribution is 0.122. The summed E-state index contributed by atoms with van der Waals surface area (Å²) in [5.41, 5.74) is 3.41. The standard InChI is InChI=1S/C24H29N9O2/c1-30-6-2-3-19(30)16-31-7-4-18(5-8-31)33-24-21(28-29-33)23(32-9-11-35-12-10-32)26-22(27-24)17-13-20(34)15-25-14-17/h2-3,6,13-15,18,34H,4-5,7-12,16H2,1H3. The molecule has 2 saturated heterocycles. The molecule has 2 aliphatic rings. The third-order valence-electron chi connectivity index (χ3n) is 6.94. The number of aryl methyl sites for hydroxylation is 1. The Bertz CT molecular complexity index is 1320. The smallest absolute Gasteiger partial charge is 0.184 e. The molecule has 4 aromatic heterocycles. The second kappa shape index (κ2) is 9.23. The molecule has 11 nitrogen and oxygen atoms in total. The number of aromatic hydroxyl groups is 1. The number of pyridine rings is 1. The molecule has 0 aromatic carbocycles. The Kier molecular flexibility index (Phi) is 5.78. The van der Waals surface area contributed by atoms with Crippen molar-refractivity contribution < 1.29 is 9.84 Å². The van der Waals surface area contributed by atoms with Crippen LogP contribution >= 0.6 is 0 Å². The van der Waals surface area contributed by atoms with Crippen LogP contribution in [0.25, 0.3) is 22.6 Å². The second-order valence-corrected chi connectivity index (χ2v) is 9.23. The van der Waals surface area contributed by atoms with E-state index in [4.69, 9.17) is 14.7 Å². The fraction of sp³-hybridized carbons (Fsp3) is 0.458. The lowest BCUT2D eigenvalue weighted by Gasteiger charge is -2.32. The number of hydrogen-bond acceptors (Lipinski definition) is 9. The Morgan fingerprint density at radius 1 is 1.09 bits per heavy atom. The molecular formula is C24H29N9O2. The lowest BCUT2D eigenvalue weighted by Crippen LogP contribution is -2.37. The summed E-state index contributed by atoms with van der Waals surface area (Å²) in [4.78, 5) is 18.5. The zero-order valence-electron chi connectivity index (χ0n) is 19.8. The van der Waals surface area contributed by atoms with Gasteiger partial charge in [-0.1, -0.05) is 5.21 Å². The summed E-state index contributed by atoms with van der Waals surface area (Å²) in [6.07, 6.45) is 7.11. The molecule has 0 bridgehead atoms. The highest BCUT2D eigenvalue weighted by atomic mass is 16.5. The van der Waals surface area contributed by atoms with Crippen LogP contribution in [-0.4, -0.2) is 83.9 Å². The van der Waals surface area contributed by atoms with Gasteiger partial charge in [-0.05, 0) is 31.0 Å². The highest BCUT2D eigenvalue weighted by Gasteiger charge is 2.27. The minimum atomic E-state index is 0.0800. The summed E-state index contributed by atoms with van der Waals surface area (Å²) in [7, 11) is 2.09. The van der Waals surface area contributed by atoms with E-state index in [0.717, 1.165) is 57.0 Å². The molecule has 0 spiro atoms. The van der Waals surface area contributed by atoms with E-state index in [-0.39, 0.29) is 11.8 Å². The van der Waals surface area contributed by atoms with Crippen molar-refractivity contribution in [1.29, 1.82) is 0 Å². The Morgan fingerprint density at radius 3 is 2.66 bits per heavy atom. The number of ether oxygens (including phenoxy) is 1. The summed E-state index contributed by atoms with van der Waals surface area (Å²) in [5.74, 6) is 1.34. The highest BCUT2D eigenvalue weighted by molar-refractivity contribution is 5.85. The van der Waals surface area contributed by atoms with Crippen molar-refractivity contribution >= 4 is 17.0 Å². The largest absolute Gasteiger partial charge is 0.506 e. The first-order chi connectivity index (χ1) is 17.2. The molecule has 0 radical (unpaired) electrons. The first-order valence-corrected chi connectivity index (χ1v) is 12.1. The SMILES string of the molecule is Cn1cccc1CN1CCC(n2nnc3c(N4CCOCC4)nc(-c4cncc(O)c4)nc32)CC1. The number of likely N-dealkylation sites (tertiary alicyclic amines) is 1. The lowest BCUT2D eigenvalue weighted by atomic mass is 10.0. The molecule has 6 rings (SSSR count). The molecule has 1 N–H and O–H groups in total. The van der Waals surface area contributed by atoms with Crippen LogP contribution in [0.15, 0.2) is 36.8 Å². The van der Waals surface area contributed by atoms with Crippen LogP contribution in [0.2, 0.25) is 0 Å². The molecule has 0 unspecified atom stereocenters. The van der Waals surface area contributed by atoms with Gasteiger partial charge in [0, 0.05) is 63.4 Å². The molecule has 2 fully saturated rings. The van der Waals surface area contributed by atoms with Crippen LogP contribution in [0.1, 0.15) is 24.6 Å². The number of morpholine rings is 1. The molecule has 11 heteroatoms. The Hall–Kier alpha value is -3.57. The molecule has 6 heterocycles. The third-order valence-corrected chi connectivity index (χ3v) is 6.94. The maximum Gasteiger partial charge on any atom is 0.184 e. The van der Waals surface area contributed by atoms with Crippen molar-refractivity contribution in [1.82, 2.24) is 39.4 Å². The van der Waals surface area contributed by atoms with Crippen molar-refractivity contribution in [3.63, 3.8) is 0 Å². The average Bonchev–Trinajstić information content (AvgIpc) is 3.50. The van der Waals surface area contributed by atoms with Crippen LogP contribution in [0.3, 0.4) is 0 Å². The molecule has 2 aliphatic heterocycles. The van der Waals surface area contributed by atoms with Crippen LogP contribution in [0.4, 0.5) is 5.82 Å². The molecular weight excluding hydrogens is 446 g/mol. The normalized spacial score (nSPS) is 17.9. The predicted octanol–water partition coefficient (Wildman–Crippen LogP) is 2.00. The number of aromatic nitrogens is 7. The van der Waals surface area contributed by atoms with E-state index >= 15 is 0 Å². The van der Waals surface area contributed by atoms with Gasteiger partial charge in [0.15, 0.2) is 22.8 Å². The van der Waals surface area contributed by atoms with Crippen LogP contribution < -0.4 is 4.90 Å². The van der Waals surface area contributed by atoms with Gasteiger partial charge < -0.3 is 19.3 Å². The minimum Gasteiger partial charge on any atom is -0.506 e. The molecule has 0 amide bonds. The average molecular weight is 476 g/mol. The second-order valence-electron chi connectivity index (χ2n) is 9.23. The molecule has 0 aliphatic carbocycles. The van der Waals surface area contributed by atoms with Gasteiger partial charge in [0.25, 0.3) is 0 Å². The minimum absolute atomic E-state index is 0.0800. The first kappa shape index (κ1) is 21.9. The maximum absolute atomic E-state index is 9.98. The monoisotopic (exact) mass is 475 g/mol. The van der Waals surface area contributed by atoms with Gasteiger partial charge >= 0.3 is 0 Å². The maximum atomic E-state index is 9.98. The first-order valence-electron chi connectivity index (χ1n) is 12.1. The molecule has 0 atom stereocenters. The Labute approximate surface area is 203 Å². The predicted molar refractivity (Wildman–Crippen MR) is 130 cm³/mol. The van der Waals surface area contributed by atoms with E-state index in [2.05, 4.69) is 55.0 Å². The van der Waals surface area contributed by atoms with Gasteiger partial charge in [-0.2, -0.15) is 0 Å². The number of fused-ring (bicyclic) bond motifs is 1. The molecule has 182 valence electrons. The Balaban J connectivity index is 1.32. The Morgan fingerprint density at radius 2 is 1.91 bits per heavy atom. The fourth-order valence-electron chi connectivity index (χ4n) is 4.95. The van der Waals surface area contributed by atoms with Crippen molar-refractivity contribution in [2.75, 3.05) is 44.3 Å². The third kappa shape index (κ3) is 4.32. The van der Waals surface area contributed by atoms with Gasteiger partial charge in [0.2, 0.25) is 0 Å². The van der Waals surface area contributed by atoms with E-state index in [1.54, 1.807) is 12.3 Å². The van der Waals surface area contributed by atoms with E-state index < -0.39 is 0 Å². The number of nitrogens with zero attached hydrogens (tertiary/aromatic N) is 9. The van der Waals surface area contributed by atoms with Crippen molar-refractivity contribution in [3.05, 3.63) is 42.5 Å². The highest BCUT2D eigenvalue weighted by Crippen LogP contribution is 2.31. The molecule has 0 saturated carbocycles. The van der Waals surface area contributed by atoms with Crippen molar-refractivity contribution in [3.8, 4) is 17.1 Å². The van der Waals surface area contributed by atoms with E-state index in [1.807, 2.05) is 4.68 Å². The summed E-state index contributed by atoms with van der Waals surface area (Å²) in [5, 5.41) is 19.1. The number of hydrogen-bond donors (Lipinski definition) is 1. The van der Waals surface area contributed by atoms with E-state index in [1.165, 1.54) is 11.9 Å². The number of rotatable bonds is 5. The molecule has 35 heavy (non-hydrogen) atoms. The quantitative estimate of drug-likeness (QED) is 0.463. The van der Waals surface area contributed by atoms with E-state index in [0.29, 0.717) is 30.1 Å². The van der Waals surface area contributed by atoms with Crippen LogP contribution in [0, 0.1) is 0 Å². The van der Waals surface area contributed by atoms with Gasteiger partial charge in [-0.25, -0.2) is 14.6 Å². The van der Waals surface area contributed by atoms with Crippen molar-refractivity contribution in [2.45, 2.75) is 25.4 Å². The number of piperidine rings is 1. The summed E-state index contributed by atoms with van der Waals surface area (Å²) >= 11 is 0. The van der Waals surface area contributed by atoms with Crippen molar-refractivity contribution in [2.24, 2.45) is 7.05 Å². The zero-order valence-corrected chi connectivity index (χ0v) is 19.8. The van der Waals surface area contributed by atoms with Gasteiger partial charge in [-0.15, -0.1) is 5.10 Å².